The number of hydrogen-bond donors (Lipinski definition) is 0. The van der Waals surface area contributed by atoms with Crippen LogP contribution >= 0.6 is 11.6 Å². The van der Waals surface area contributed by atoms with Crippen LogP contribution in [0.25, 0.3) is 11.0 Å². The molecule has 0 saturated heterocycles. The van der Waals surface area contributed by atoms with Gasteiger partial charge in [-0.05, 0) is 36.6 Å². The van der Waals surface area contributed by atoms with E-state index >= 15 is 0 Å². The van der Waals surface area contributed by atoms with Gasteiger partial charge in [-0.25, -0.2) is 13.4 Å². The SMILES string of the molecule is CS(=O)(=O)CCn1c(CN2C(=O)C3(CCC3)c3ccncc32)cc2cc(Cl)cnc21. The fourth-order valence-corrected chi connectivity index (χ4v) is 5.31. The highest BCUT2D eigenvalue weighted by Crippen LogP contribution is 2.53. The third-order valence-electron chi connectivity index (χ3n) is 6.26. The Morgan fingerprint density at radius 2 is 2.03 bits per heavy atom. The molecular formula is C21H21ClN4O3S. The minimum atomic E-state index is -3.16. The van der Waals surface area contributed by atoms with E-state index in [0.717, 1.165) is 41.6 Å². The van der Waals surface area contributed by atoms with Gasteiger partial charge in [0, 0.05) is 36.3 Å². The number of hydrogen-bond acceptors (Lipinski definition) is 5. The molecule has 0 atom stereocenters. The van der Waals surface area contributed by atoms with E-state index in [9.17, 15) is 13.2 Å². The lowest BCUT2D eigenvalue weighted by atomic mass is 9.65. The summed E-state index contributed by atoms with van der Waals surface area (Å²) in [6, 6.07) is 5.69. The molecule has 1 aliphatic carbocycles. The molecule has 156 valence electrons. The molecule has 9 heteroatoms. The molecule has 1 spiro atoms. The van der Waals surface area contributed by atoms with Crippen molar-refractivity contribution in [3.63, 3.8) is 0 Å². The highest BCUT2D eigenvalue weighted by Gasteiger charge is 2.54. The second kappa shape index (κ2) is 6.78. The van der Waals surface area contributed by atoms with Gasteiger partial charge in [0.1, 0.15) is 15.5 Å². The van der Waals surface area contributed by atoms with Crippen molar-refractivity contribution in [2.24, 2.45) is 0 Å². The molecule has 0 aromatic carbocycles. The lowest BCUT2D eigenvalue weighted by Crippen LogP contribution is -2.45. The van der Waals surface area contributed by atoms with E-state index in [0.29, 0.717) is 17.2 Å². The Kier molecular flexibility index (Phi) is 4.41. The van der Waals surface area contributed by atoms with Gasteiger partial charge in [0.05, 0.1) is 34.6 Å². The molecular weight excluding hydrogens is 424 g/mol. The normalized spacial score (nSPS) is 17.5. The van der Waals surface area contributed by atoms with Gasteiger partial charge in [0.15, 0.2) is 0 Å². The predicted octanol–water partition coefficient (Wildman–Crippen LogP) is 3.10. The summed E-state index contributed by atoms with van der Waals surface area (Å²) in [6.45, 7) is 0.594. The lowest BCUT2D eigenvalue weighted by molar-refractivity contribution is -0.126. The van der Waals surface area contributed by atoms with Crippen LogP contribution in [0.3, 0.4) is 0 Å². The van der Waals surface area contributed by atoms with Crippen LogP contribution in [0.2, 0.25) is 5.02 Å². The zero-order chi connectivity index (χ0) is 21.1. The van der Waals surface area contributed by atoms with Gasteiger partial charge in [0.25, 0.3) is 0 Å². The maximum Gasteiger partial charge on any atom is 0.238 e. The first-order valence-corrected chi connectivity index (χ1v) is 12.3. The summed E-state index contributed by atoms with van der Waals surface area (Å²) < 4.78 is 25.5. The van der Waals surface area contributed by atoms with Gasteiger partial charge >= 0.3 is 0 Å². The number of nitrogens with zero attached hydrogens (tertiary/aromatic N) is 4. The van der Waals surface area contributed by atoms with Crippen LogP contribution in [0.5, 0.6) is 0 Å². The molecule has 7 nitrogen and oxygen atoms in total. The summed E-state index contributed by atoms with van der Waals surface area (Å²) in [5, 5.41) is 1.33. The van der Waals surface area contributed by atoms with E-state index in [4.69, 9.17) is 11.6 Å². The van der Waals surface area contributed by atoms with Crippen LogP contribution in [0.4, 0.5) is 5.69 Å². The zero-order valence-electron chi connectivity index (χ0n) is 16.5. The van der Waals surface area contributed by atoms with Crippen molar-refractivity contribution in [1.82, 2.24) is 14.5 Å². The van der Waals surface area contributed by atoms with Crippen LogP contribution in [0.15, 0.2) is 36.8 Å². The summed E-state index contributed by atoms with van der Waals surface area (Å²) in [7, 11) is -3.16. The first-order valence-electron chi connectivity index (χ1n) is 9.86. The Bertz CT molecular complexity index is 1280. The minimum absolute atomic E-state index is 0.00981. The topological polar surface area (TPSA) is 85.2 Å². The molecule has 1 fully saturated rings. The summed E-state index contributed by atoms with van der Waals surface area (Å²) in [6.07, 6.45) is 9.01. The fourth-order valence-electron chi connectivity index (χ4n) is 4.63. The zero-order valence-corrected chi connectivity index (χ0v) is 18.1. The van der Waals surface area contributed by atoms with E-state index in [-0.39, 0.29) is 18.2 Å². The quantitative estimate of drug-likeness (QED) is 0.603. The summed E-state index contributed by atoms with van der Waals surface area (Å²) in [4.78, 5) is 23.9. The molecule has 0 radical (unpaired) electrons. The monoisotopic (exact) mass is 444 g/mol. The Morgan fingerprint density at radius 3 is 2.73 bits per heavy atom. The third kappa shape index (κ3) is 3.01. The minimum Gasteiger partial charge on any atom is -0.327 e. The number of anilines is 1. The number of carbonyl (C=O) groups excluding carboxylic acids is 1. The Balaban J connectivity index is 1.57. The van der Waals surface area contributed by atoms with Crippen molar-refractivity contribution in [3.05, 3.63) is 53.1 Å². The Morgan fingerprint density at radius 1 is 1.23 bits per heavy atom. The van der Waals surface area contributed by atoms with Crippen molar-refractivity contribution in [2.75, 3.05) is 16.9 Å². The highest BCUT2D eigenvalue weighted by molar-refractivity contribution is 7.90. The number of aromatic nitrogens is 3. The smallest absolute Gasteiger partial charge is 0.238 e. The second-order valence-corrected chi connectivity index (χ2v) is 10.9. The summed E-state index contributed by atoms with van der Waals surface area (Å²) in [5.41, 5.74) is 2.95. The molecule has 30 heavy (non-hydrogen) atoms. The molecule has 1 saturated carbocycles. The van der Waals surface area contributed by atoms with Gasteiger partial charge in [-0.3, -0.25) is 9.78 Å². The molecule has 3 aromatic heterocycles. The molecule has 5 rings (SSSR count). The second-order valence-electron chi connectivity index (χ2n) is 8.20. The number of aryl methyl sites for hydroxylation is 1. The molecule has 4 heterocycles. The largest absolute Gasteiger partial charge is 0.327 e. The van der Waals surface area contributed by atoms with Gasteiger partial charge < -0.3 is 9.47 Å². The van der Waals surface area contributed by atoms with Crippen LogP contribution in [0.1, 0.15) is 30.5 Å². The maximum absolute atomic E-state index is 13.4. The van der Waals surface area contributed by atoms with Crippen molar-refractivity contribution < 1.29 is 13.2 Å². The molecule has 2 aliphatic rings. The number of amides is 1. The number of carbonyl (C=O) groups is 1. The van der Waals surface area contributed by atoms with Gasteiger partial charge in [-0.2, -0.15) is 0 Å². The molecule has 0 bridgehead atoms. The van der Waals surface area contributed by atoms with Crippen LogP contribution in [0, 0.1) is 0 Å². The van der Waals surface area contributed by atoms with Gasteiger partial charge in [-0.15, -0.1) is 0 Å². The van der Waals surface area contributed by atoms with E-state index in [1.807, 2.05) is 16.7 Å². The van der Waals surface area contributed by atoms with Crippen molar-refractivity contribution in [1.29, 1.82) is 0 Å². The number of sulfone groups is 1. The van der Waals surface area contributed by atoms with Crippen LogP contribution < -0.4 is 4.90 Å². The number of rotatable bonds is 5. The van der Waals surface area contributed by atoms with E-state index in [1.54, 1.807) is 29.6 Å². The number of fused-ring (bicyclic) bond motifs is 3. The first-order chi connectivity index (χ1) is 14.3. The molecule has 3 aromatic rings. The van der Waals surface area contributed by atoms with Crippen LogP contribution in [-0.2, 0) is 33.1 Å². The van der Waals surface area contributed by atoms with E-state index < -0.39 is 15.3 Å². The molecule has 1 aliphatic heterocycles. The third-order valence-corrected chi connectivity index (χ3v) is 7.39. The number of pyridine rings is 2. The average molecular weight is 445 g/mol. The lowest BCUT2D eigenvalue weighted by Gasteiger charge is -2.37. The van der Waals surface area contributed by atoms with Crippen molar-refractivity contribution in [2.45, 2.75) is 37.8 Å². The Labute approximate surface area is 179 Å². The molecule has 0 N–H and O–H groups in total. The standard InChI is InChI=1S/C21H21ClN4O3S/c1-30(28,29)8-7-25-16(10-14-9-15(22)11-24-19(14)25)13-26-18-12-23-6-3-17(18)21(20(26)27)4-2-5-21/h3,6,9-12H,2,4-5,7-8,13H2,1H3. The Hall–Kier alpha value is -2.45. The fraction of sp³-hybridized carbons (Fsp3) is 0.381. The predicted molar refractivity (Wildman–Crippen MR) is 115 cm³/mol. The van der Waals surface area contributed by atoms with Gasteiger partial charge in [-0.1, -0.05) is 18.0 Å². The van der Waals surface area contributed by atoms with E-state index in [2.05, 4.69) is 9.97 Å². The van der Waals surface area contributed by atoms with Crippen molar-refractivity contribution >= 4 is 44.1 Å². The summed E-state index contributed by atoms with van der Waals surface area (Å²) >= 11 is 6.11. The summed E-state index contributed by atoms with van der Waals surface area (Å²) in [5.74, 6) is 0.0899. The van der Waals surface area contributed by atoms with Crippen LogP contribution in [-0.4, -0.2) is 40.9 Å². The highest BCUT2D eigenvalue weighted by atomic mass is 35.5. The maximum atomic E-state index is 13.4. The van der Waals surface area contributed by atoms with Crippen molar-refractivity contribution in [3.8, 4) is 0 Å². The number of halogens is 1. The molecule has 0 unspecified atom stereocenters. The van der Waals surface area contributed by atoms with Gasteiger partial charge in [0.2, 0.25) is 5.91 Å². The first kappa shape index (κ1) is 19.5. The molecule has 1 amide bonds. The van der Waals surface area contributed by atoms with E-state index in [1.165, 1.54) is 6.26 Å². The average Bonchev–Trinajstić information content (AvgIpc) is 3.11.